The molecule has 0 amide bonds. The minimum Gasteiger partial charge on any atom is -0.490 e. The standard InChI is InChI=1S/C23H16O10.CH4O/c24-9-13-7-14(26)21-16(3-1-5-18(21)32-13)30-10-12(25)11-31-17-4-2-6-19-22(17)15(27)8-20(33-19)23(28)29;1-2/h1-9,12,25H,10-11H2,(H,28,29);2H,1H3. The van der Waals surface area contributed by atoms with E-state index in [1.54, 1.807) is 6.07 Å². The molecule has 0 saturated carbocycles. The first-order valence-corrected chi connectivity index (χ1v) is 10.1. The fourth-order valence-electron chi connectivity index (χ4n) is 3.20. The summed E-state index contributed by atoms with van der Waals surface area (Å²) in [7, 11) is 1.00. The van der Waals surface area contributed by atoms with Gasteiger partial charge < -0.3 is 33.6 Å². The minimum atomic E-state index is -1.38. The number of hydrogen-bond acceptors (Lipinski definition) is 10. The zero-order valence-electron chi connectivity index (χ0n) is 18.3. The van der Waals surface area contributed by atoms with Crippen LogP contribution in [0.15, 0.2) is 67.0 Å². The number of aldehydes is 1. The summed E-state index contributed by atoms with van der Waals surface area (Å²) in [5, 5.41) is 26.5. The highest BCUT2D eigenvalue weighted by molar-refractivity contribution is 5.89. The van der Waals surface area contributed by atoms with Crippen LogP contribution in [0.4, 0.5) is 0 Å². The van der Waals surface area contributed by atoms with E-state index in [9.17, 15) is 24.3 Å². The Bertz CT molecular complexity index is 1480. The molecule has 4 rings (SSSR count). The van der Waals surface area contributed by atoms with Crippen LogP contribution in [-0.2, 0) is 0 Å². The van der Waals surface area contributed by atoms with E-state index in [4.69, 9.17) is 28.5 Å². The molecule has 4 aromatic rings. The van der Waals surface area contributed by atoms with Crippen molar-refractivity contribution >= 4 is 34.2 Å². The number of fused-ring (bicyclic) bond motifs is 2. The quantitative estimate of drug-likeness (QED) is 0.311. The highest BCUT2D eigenvalue weighted by Crippen LogP contribution is 2.25. The number of aliphatic hydroxyl groups is 2. The second-order valence-corrected chi connectivity index (χ2v) is 6.95. The Hall–Kier alpha value is -4.48. The van der Waals surface area contributed by atoms with Crippen LogP contribution in [0.25, 0.3) is 21.9 Å². The van der Waals surface area contributed by atoms with Gasteiger partial charge in [-0.3, -0.25) is 14.4 Å². The Kier molecular flexibility index (Phi) is 7.97. The Morgan fingerprint density at radius 1 is 0.914 bits per heavy atom. The number of ether oxygens (including phenoxy) is 2. The van der Waals surface area contributed by atoms with Gasteiger partial charge in [0.25, 0.3) is 0 Å². The van der Waals surface area contributed by atoms with E-state index >= 15 is 0 Å². The summed E-state index contributed by atoms with van der Waals surface area (Å²) < 4.78 is 21.6. The predicted molar refractivity (Wildman–Crippen MR) is 122 cm³/mol. The molecule has 0 radical (unpaired) electrons. The van der Waals surface area contributed by atoms with Crippen LogP contribution in [-0.4, -0.2) is 54.0 Å². The van der Waals surface area contributed by atoms with Crippen LogP contribution in [0, 0.1) is 0 Å². The molecule has 0 saturated heterocycles. The van der Waals surface area contributed by atoms with E-state index in [2.05, 4.69) is 0 Å². The second kappa shape index (κ2) is 11.1. The maximum absolute atomic E-state index is 12.3. The first-order chi connectivity index (χ1) is 16.9. The molecule has 0 bridgehead atoms. The normalized spacial score (nSPS) is 11.4. The molecule has 2 heterocycles. The number of carboxylic acid groups (broad SMARTS) is 1. The summed E-state index contributed by atoms with van der Waals surface area (Å²) in [5.41, 5.74) is -0.883. The lowest BCUT2D eigenvalue weighted by molar-refractivity contribution is 0.0636. The average molecular weight is 484 g/mol. The van der Waals surface area contributed by atoms with Crippen molar-refractivity contribution in [3.63, 3.8) is 0 Å². The van der Waals surface area contributed by atoms with E-state index < -0.39 is 28.7 Å². The molecule has 1 atom stereocenters. The number of benzene rings is 2. The van der Waals surface area contributed by atoms with E-state index in [0.717, 1.165) is 19.2 Å². The second-order valence-electron chi connectivity index (χ2n) is 6.95. The fourth-order valence-corrected chi connectivity index (χ4v) is 3.20. The molecule has 0 aliphatic carbocycles. The number of carboxylic acids is 1. The molecule has 1 unspecified atom stereocenters. The zero-order valence-corrected chi connectivity index (χ0v) is 18.3. The molecule has 2 aromatic carbocycles. The molecule has 0 aliphatic heterocycles. The third-order valence-electron chi connectivity index (χ3n) is 4.64. The van der Waals surface area contributed by atoms with Gasteiger partial charge in [0.1, 0.15) is 52.8 Å². The largest absolute Gasteiger partial charge is 0.490 e. The van der Waals surface area contributed by atoms with E-state index in [1.807, 2.05) is 0 Å². The molecular weight excluding hydrogens is 464 g/mol. The van der Waals surface area contributed by atoms with Crippen molar-refractivity contribution in [1.82, 2.24) is 0 Å². The first-order valence-electron chi connectivity index (χ1n) is 10.1. The third-order valence-corrected chi connectivity index (χ3v) is 4.64. The highest BCUT2D eigenvalue weighted by Gasteiger charge is 2.16. The highest BCUT2D eigenvalue weighted by atomic mass is 16.5. The van der Waals surface area contributed by atoms with Crippen molar-refractivity contribution in [2.24, 2.45) is 0 Å². The number of carbonyl (C=O) groups is 2. The molecule has 11 heteroatoms. The van der Waals surface area contributed by atoms with Gasteiger partial charge in [-0.2, -0.15) is 0 Å². The van der Waals surface area contributed by atoms with E-state index in [1.165, 1.54) is 30.3 Å². The summed E-state index contributed by atoms with van der Waals surface area (Å²) >= 11 is 0. The van der Waals surface area contributed by atoms with Crippen LogP contribution in [0.3, 0.4) is 0 Å². The molecular formula is C24H20O11. The van der Waals surface area contributed by atoms with Gasteiger partial charge in [0.05, 0.1) is 0 Å². The van der Waals surface area contributed by atoms with Crippen molar-refractivity contribution in [2.75, 3.05) is 20.3 Å². The Morgan fingerprint density at radius 2 is 1.43 bits per heavy atom. The average Bonchev–Trinajstić information content (AvgIpc) is 2.86. The minimum absolute atomic E-state index is 0.0281. The van der Waals surface area contributed by atoms with Crippen LogP contribution < -0.4 is 20.3 Å². The predicted octanol–water partition coefficient (Wildman–Crippen LogP) is 1.84. The molecule has 0 aliphatic rings. The monoisotopic (exact) mass is 484 g/mol. The Balaban J connectivity index is 0.00000167. The molecule has 3 N–H and O–H groups in total. The fraction of sp³-hybridized carbons (Fsp3) is 0.167. The van der Waals surface area contributed by atoms with Gasteiger partial charge in [0.2, 0.25) is 5.76 Å². The number of hydrogen-bond donors (Lipinski definition) is 3. The van der Waals surface area contributed by atoms with Gasteiger partial charge in [-0.1, -0.05) is 12.1 Å². The van der Waals surface area contributed by atoms with Crippen molar-refractivity contribution in [3.8, 4) is 11.5 Å². The molecule has 2 aromatic heterocycles. The van der Waals surface area contributed by atoms with Crippen molar-refractivity contribution < 1.29 is 43.2 Å². The summed E-state index contributed by atoms with van der Waals surface area (Å²) in [6, 6.07) is 10.9. The summed E-state index contributed by atoms with van der Waals surface area (Å²) in [6.07, 6.45) is -0.728. The summed E-state index contributed by atoms with van der Waals surface area (Å²) in [5.74, 6) is -1.74. The van der Waals surface area contributed by atoms with E-state index in [0.29, 0.717) is 6.29 Å². The number of carbonyl (C=O) groups excluding carboxylic acids is 1. The smallest absolute Gasteiger partial charge is 0.371 e. The van der Waals surface area contributed by atoms with Gasteiger partial charge in [0, 0.05) is 19.2 Å². The zero-order chi connectivity index (χ0) is 25.5. The summed E-state index contributed by atoms with van der Waals surface area (Å²) in [4.78, 5) is 46.6. The molecule has 182 valence electrons. The third kappa shape index (κ3) is 5.54. The van der Waals surface area contributed by atoms with Gasteiger partial charge >= 0.3 is 5.97 Å². The van der Waals surface area contributed by atoms with E-state index in [-0.39, 0.29) is 52.4 Å². The van der Waals surface area contributed by atoms with Gasteiger partial charge in [-0.15, -0.1) is 0 Å². The van der Waals surface area contributed by atoms with Crippen molar-refractivity contribution in [1.29, 1.82) is 0 Å². The Labute approximate surface area is 196 Å². The molecule has 11 nitrogen and oxygen atoms in total. The number of aliphatic hydroxyl groups excluding tert-OH is 2. The van der Waals surface area contributed by atoms with Crippen LogP contribution in [0.1, 0.15) is 21.1 Å². The van der Waals surface area contributed by atoms with Crippen LogP contribution in [0.5, 0.6) is 11.5 Å². The van der Waals surface area contributed by atoms with Crippen molar-refractivity contribution in [2.45, 2.75) is 6.10 Å². The molecule has 0 fully saturated rings. The number of aromatic carboxylic acids is 1. The summed E-state index contributed by atoms with van der Waals surface area (Å²) in [6.45, 7) is -0.523. The lowest BCUT2D eigenvalue weighted by Crippen LogP contribution is -2.25. The molecule has 35 heavy (non-hydrogen) atoms. The van der Waals surface area contributed by atoms with Gasteiger partial charge in [-0.05, 0) is 24.3 Å². The van der Waals surface area contributed by atoms with Gasteiger partial charge in [0.15, 0.2) is 22.9 Å². The van der Waals surface area contributed by atoms with Crippen LogP contribution in [0.2, 0.25) is 0 Å². The van der Waals surface area contributed by atoms with Gasteiger partial charge in [-0.25, -0.2) is 4.79 Å². The first kappa shape index (κ1) is 25.1. The maximum atomic E-state index is 12.3. The topological polar surface area (TPSA) is 174 Å². The Morgan fingerprint density at radius 3 is 1.94 bits per heavy atom. The maximum Gasteiger partial charge on any atom is 0.371 e. The van der Waals surface area contributed by atoms with Crippen LogP contribution >= 0.6 is 0 Å². The van der Waals surface area contributed by atoms with Crippen molar-refractivity contribution in [3.05, 3.63) is 80.5 Å². The molecule has 0 spiro atoms. The lowest BCUT2D eigenvalue weighted by atomic mass is 10.2. The lowest BCUT2D eigenvalue weighted by Gasteiger charge is -2.15. The number of rotatable bonds is 8. The SMILES string of the molecule is CO.O=Cc1cc(=O)c2c(OCC(O)COc3cccc4oc(C(=O)O)cc(=O)c34)cccc2o1.